The van der Waals surface area contributed by atoms with Crippen LogP contribution in [0, 0.1) is 17.2 Å². The van der Waals surface area contributed by atoms with Crippen molar-refractivity contribution < 1.29 is 9.90 Å². The van der Waals surface area contributed by atoms with Crippen LogP contribution in [-0.4, -0.2) is 24.2 Å². The molecule has 0 bridgehead atoms. The van der Waals surface area contributed by atoms with Gasteiger partial charge in [-0.3, -0.25) is 0 Å². The monoisotopic (exact) mass is 336 g/mol. The van der Waals surface area contributed by atoms with E-state index in [9.17, 15) is 4.79 Å². The molecule has 0 unspecified atom stereocenters. The van der Waals surface area contributed by atoms with Crippen molar-refractivity contribution in [2.75, 3.05) is 18.0 Å². The first-order valence-electron chi connectivity index (χ1n) is 8.57. The van der Waals surface area contributed by atoms with E-state index < -0.39 is 5.97 Å². The molecular weight excluding hydrogens is 312 g/mol. The van der Waals surface area contributed by atoms with E-state index in [2.05, 4.69) is 36.9 Å². The molecule has 1 aliphatic rings. The molecule has 1 heterocycles. The molecule has 0 spiro atoms. The lowest BCUT2D eigenvalue weighted by atomic mass is 9.98. The number of carboxylic acids is 1. The van der Waals surface area contributed by atoms with Crippen molar-refractivity contribution in [2.45, 2.75) is 26.7 Å². The highest BCUT2D eigenvalue weighted by molar-refractivity contribution is 5.91. The van der Waals surface area contributed by atoms with Gasteiger partial charge in [0.15, 0.2) is 0 Å². The average Bonchev–Trinajstić information content (AvgIpc) is 2.57. The van der Waals surface area contributed by atoms with E-state index in [1.54, 1.807) is 18.2 Å². The Balaban J connectivity index is 2.07. The summed E-state index contributed by atoms with van der Waals surface area (Å²) in [7, 11) is 0. The van der Waals surface area contributed by atoms with Crippen LogP contribution in [0.1, 0.15) is 31.4 Å². The Labute approximate surface area is 149 Å². The number of fused-ring (bicyclic) bond motifs is 1. The maximum absolute atomic E-state index is 10.7. The third kappa shape index (κ3) is 5.36. The predicted molar refractivity (Wildman–Crippen MR) is 101 cm³/mol. The van der Waals surface area contributed by atoms with E-state index in [1.165, 1.54) is 23.7 Å². The molecular formula is C21H24N2O2. The molecule has 1 aromatic carbocycles. The van der Waals surface area contributed by atoms with E-state index in [0.717, 1.165) is 25.1 Å². The maximum Gasteiger partial charge on any atom is 0.346 e. The first-order chi connectivity index (χ1) is 12.0. The smallest absolute Gasteiger partial charge is 0.346 e. The van der Waals surface area contributed by atoms with Crippen molar-refractivity contribution in [3.05, 3.63) is 59.2 Å². The van der Waals surface area contributed by atoms with Gasteiger partial charge in [0.05, 0.1) is 0 Å². The van der Waals surface area contributed by atoms with E-state index >= 15 is 0 Å². The Hall–Kier alpha value is -2.80. The lowest BCUT2D eigenvalue weighted by Gasteiger charge is -2.32. The minimum absolute atomic E-state index is 0.274. The number of carboxylic acid groups (broad SMARTS) is 1. The molecule has 0 aliphatic carbocycles. The van der Waals surface area contributed by atoms with Gasteiger partial charge < -0.3 is 10.0 Å². The van der Waals surface area contributed by atoms with Gasteiger partial charge in [-0.25, -0.2) is 4.79 Å². The van der Waals surface area contributed by atoms with Crippen molar-refractivity contribution in [1.82, 2.24) is 0 Å². The molecule has 0 aromatic heterocycles. The number of carbonyl (C=O) groups is 1. The van der Waals surface area contributed by atoms with E-state index in [-0.39, 0.29) is 5.57 Å². The molecule has 0 saturated heterocycles. The highest BCUT2D eigenvalue weighted by atomic mass is 16.4. The third-order valence-corrected chi connectivity index (χ3v) is 4.03. The molecule has 25 heavy (non-hydrogen) atoms. The number of anilines is 1. The minimum atomic E-state index is -1.21. The van der Waals surface area contributed by atoms with Gasteiger partial charge in [-0.1, -0.05) is 44.2 Å². The fourth-order valence-electron chi connectivity index (χ4n) is 2.97. The van der Waals surface area contributed by atoms with Gasteiger partial charge in [0.25, 0.3) is 0 Å². The van der Waals surface area contributed by atoms with Gasteiger partial charge in [-0.15, -0.1) is 0 Å². The topological polar surface area (TPSA) is 64.3 Å². The normalized spacial score (nSPS) is 15.0. The van der Waals surface area contributed by atoms with Gasteiger partial charge in [-0.05, 0) is 48.1 Å². The van der Waals surface area contributed by atoms with E-state index in [1.807, 2.05) is 12.2 Å². The van der Waals surface area contributed by atoms with Crippen molar-refractivity contribution in [2.24, 2.45) is 5.92 Å². The molecule has 0 atom stereocenters. The Kier molecular flexibility index (Phi) is 6.59. The zero-order valence-corrected chi connectivity index (χ0v) is 14.8. The molecule has 2 rings (SSSR count). The number of benzene rings is 1. The number of hydrogen-bond donors (Lipinski definition) is 1. The number of aryl methyl sites for hydroxylation is 1. The summed E-state index contributed by atoms with van der Waals surface area (Å²) in [6.45, 7) is 6.70. The second-order valence-electron chi connectivity index (χ2n) is 6.57. The Morgan fingerprint density at radius 2 is 2.16 bits per heavy atom. The first-order valence-corrected chi connectivity index (χ1v) is 8.57. The van der Waals surface area contributed by atoms with Gasteiger partial charge in [-0.2, -0.15) is 5.26 Å². The van der Waals surface area contributed by atoms with Crippen LogP contribution in [0.25, 0.3) is 6.08 Å². The predicted octanol–water partition coefficient (Wildman–Crippen LogP) is 4.20. The SMILES string of the molecule is CC(C)CN1CCCc2cc(C=CC=CC=C(C#N)C(=O)O)ccc21. The number of hydrogen-bond acceptors (Lipinski definition) is 3. The lowest BCUT2D eigenvalue weighted by molar-refractivity contribution is -0.132. The van der Waals surface area contributed by atoms with Gasteiger partial charge in [0, 0.05) is 18.8 Å². The standard InChI is InChI=1S/C21H24N2O2/c1-16(2)15-23-12-6-9-18-13-17(10-11-20(18)23)7-4-3-5-8-19(14-22)21(24)25/h3-5,7-8,10-11,13,16H,6,9,12,15H2,1-2H3,(H,24,25). The van der Waals surface area contributed by atoms with Crippen LogP contribution in [0.3, 0.4) is 0 Å². The Bertz CT molecular complexity index is 752. The average molecular weight is 336 g/mol. The third-order valence-electron chi connectivity index (χ3n) is 4.03. The molecule has 1 aliphatic heterocycles. The van der Waals surface area contributed by atoms with E-state index in [0.29, 0.717) is 5.92 Å². The fraction of sp³-hybridized carbons (Fsp3) is 0.333. The largest absolute Gasteiger partial charge is 0.477 e. The molecule has 1 N–H and O–H groups in total. The summed E-state index contributed by atoms with van der Waals surface area (Å²) in [5.74, 6) is -0.565. The molecule has 4 nitrogen and oxygen atoms in total. The molecule has 4 heteroatoms. The Morgan fingerprint density at radius 3 is 2.84 bits per heavy atom. The van der Waals surface area contributed by atoms with Crippen molar-refractivity contribution in [3.63, 3.8) is 0 Å². The van der Waals surface area contributed by atoms with Crippen LogP contribution in [0.4, 0.5) is 5.69 Å². The molecule has 0 amide bonds. The van der Waals surface area contributed by atoms with Gasteiger partial charge in [0.2, 0.25) is 0 Å². The zero-order valence-electron chi connectivity index (χ0n) is 14.8. The molecule has 0 radical (unpaired) electrons. The van der Waals surface area contributed by atoms with Crippen LogP contribution in [0.15, 0.2) is 48.1 Å². The fourth-order valence-corrected chi connectivity index (χ4v) is 2.97. The van der Waals surface area contributed by atoms with Crippen molar-refractivity contribution in [3.8, 4) is 6.07 Å². The number of allylic oxidation sites excluding steroid dienone is 4. The van der Waals surface area contributed by atoms with Gasteiger partial charge in [0.1, 0.15) is 11.6 Å². The second-order valence-corrected chi connectivity index (χ2v) is 6.57. The summed E-state index contributed by atoms with van der Waals surface area (Å²) in [6, 6.07) is 8.17. The van der Waals surface area contributed by atoms with Crippen LogP contribution < -0.4 is 4.90 Å². The Morgan fingerprint density at radius 1 is 1.36 bits per heavy atom. The van der Waals surface area contributed by atoms with Crippen LogP contribution in [-0.2, 0) is 11.2 Å². The zero-order chi connectivity index (χ0) is 18.2. The first kappa shape index (κ1) is 18.5. The van der Waals surface area contributed by atoms with E-state index in [4.69, 9.17) is 10.4 Å². The minimum Gasteiger partial charge on any atom is -0.477 e. The quantitative estimate of drug-likeness (QED) is 0.480. The summed E-state index contributed by atoms with van der Waals surface area (Å²) in [5, 5.41) is 17.4. The van der Waals surface area contributed by atoms with Crippen molar-refractivity contribution in [1.29, 1.82) is 5.26 Å². The molecule has 0 saturated carbocycles. The van der Waals surface area contributed by atoms with Gasteiger partial charge >= 0.3 is 5.97 Å². The van der Waals surface area contributed by atoms with Crippen LogP contribution >= 0.6 is 0 Å². The summed E-state index contributed by atoms with van der Waals surface area (Å²) < 4.78 is 0. The van der Waals surface area contributed by atoms with Crippen LogP contribution in [0.2, 0.25) is 0 Å². The van der Waals surface area contributed by atoms with Crippen molar-refractivity contribution >= 4 is 17.7 Å². The number of nitriles is 1. The summed E-state index contributed by atoms with van der Waals surface area (Å²) in [6.07, 6.45) is 10.7. The maximum atomic E-state index is 10.7. The molecule has 130 valence electrons. The number of nitrogens with zero attached hydrogens (tertiary/aromatic N) is 2. The molecule has 0 fully saturated rings. The second kappa shape index (κ2) is 8.89. The summed E-state index contributed by atoms with van der Waals surface area (Å²) in [4.78, 5) is 13.2. The van der Waals surface area contributed by atoms with Crippen LogP contribution in [0.5, 0.6) is 0 Å². The lowest BCUT2D eigenvalue weighted by Crippen LogP contribution is -2.32. The molecule has 1 aromatic rings. The highest BCUT2D eigenvalue weighted by Crippen LogP contribution is 2.29. The summed E-state index contributed by atoms with van der Waals surface area (Å²) in [5.41, 5.74) is 3.58. The number of aliphatic carboxylic acids is 1. The number of rotatable bonds is 6. The summed E-state index contributed by atoms with van der Waals surface area (Å²) >= 11 is 0. The highest BCUT2D eigenvalue weighted by Gasteiger charge is 2.17.